The van der Waals surface area contributed by atoms with Gasteiger partial charge in [-0.15, -0.1) is 0 Å². The Labute approximate surface area is 126 Å². The van der Waals surface area contributed by atoms with Gasteiger partial charge < -0.3 is 9.47 Å². The van der Waals surface area contributed by atoms with Crippen molar-refractivity contribution in [3.05, 3.63) is 0 Å². The predicted octanol–water partition coefficient (Wildman–Crippen LogP) is 2.66. The Kier molecular flexibility index (Phi) is 3.74. The van der Waals surface area contributed by atoms with E-state index in [1.54, 1.807) is 0 Å². The molecule has 4 fully saturated rings. The number of ether oxygens (including phenoxy) is 2. The van der Waals surface area contributed by atoms with Crippen molar-refractivity contribution in [2.45, 2.75) is 46.6 Å². The Morgan fingerprint density at radius 1 is 1.24 bits per heavy atom. The fourth-order valence-corrected chi connectivity index (χ4v) is 4.87. The molecule has 4 bridgehead atoms. The van der Waals surface area contributed by atoms with Crippen LogP contribution in [0.4, 0.5) is 0 Å². The maximum absolute atomic E-state index is 12.5. The van der Waals surface area contributed by atoms with E-state index in [9.17, 15) is 9.59 Å². The van der Waals surface area contributed by atoms with Crippen molar-refractivity contribution in [1.82, 2.24) is 0 Å². The number of fused-ring (bicyclic) bond motifs is 1. The van der Waals surface area contributed by atoms with Crippen LogP contribution < -0.4 is 0 Å². The zero-order valence-corrected chi connectivity index (χ0v) is 13.4. The molecule has 1 saturated heterocycles. The van der Waals surface area contributed by atoms with E-state index in [1.807, 2.05) is 13.8 Å². The molecule has 3 aliphatic carbocycles. The van der Waals surface area contributed by atoms with Gasteiger partial charge in [-0.3, -0.25) is 9.59 Å². The maximum atomic E-state index is 12.5. The van der Waals surface area contributed by atoms with Crippen LogP contribution >= 0.6 is 0 Å². The Balaban J connectivity index is 1.85. The van der Waals surface area contributed by atoms with Gasteiger partial charge in [0.05, 0.1) is 18.4 Å². The summed E-state index contributed by atoms with van der Waals surface area (Å²) in [5.74, 6) is 1.02. The molecule has 4 heteroatoms. The Morgan fingerprint density at radius 3 is 2.52 bits per heavy atom. The van der Waals surface area contributed by atoms with Gasteiger partial charge in [0.15, 0.2) is 0 Å². The van der Waals surface area contributed by atoms with Crippen molar-refractivity contribution >= 4 is 11.9 Å². The summed E-state index contributed by atoms with van der Waals surface area (Å²) in [5, 5.41) is 0. The van der Waals surface area contributed by atoms with Crippen LogP contribution in [0.1, 0.15) is 40.5 Å². The van der Waals surface area contributed by atoms with Crippen LogP contribution in [0.2, 0.25) is 0 Å². The van der Waals surface area contributed by atoms with E-state index in [-0.39, 0.29) is 47.6 Å². The largest absolute Gasteiger partial charge is 0.465 e. The summed E-state index contributed by atoms with van der Waals surface area (Å²) < 4.78 is 11.1. The van der Waals surface area contributed by atoms with Crippen LogP contribution in [-0.2, 0) is 19.1 Å². The van der Waals surface area contributed by atoms with Crippen molar-refractivity contribution in [2.75, 3.05) is 6.61 Å². The molecule has 4 aliphatic rings. The molecular formula is C17H26O4. The molecule has 0 aromatic rings. The molecule has 0 N–H and O–H groups in total. The predicted molar refractivity (Wildman–Crippen MR) is 77.2 cm³/mol. The molecular weight excluding hydrogens is 268 g/mol. The third kappa shape index (κ3) is 2.27. The van der Waals surface area contributed by atoms with Crippen molar-refractivity contribution in [3.8, 4) is 0 Å². The summed E-state index contributed by atoms with van der Waals surface area (Å²) >= 11 is 0. The molecule has 0 aromatic heterocycles. The van der Waals surface area contributed by atoms with Gasteiger partial charge >= 0.3 is 11.9 Å². The molecule has 6 atom stereocenters. The first-order valence-electron chi connectivity index (χ1n) is 8.29. The van der Waals surface area contributed by atoms with Gasteiger partial charge in [-0.25, -0.2) is 0 Å². The van der Waals surface area contributed by atoms with Crippen LogP contribution in [0.3, 0.4) is 0 Å². The molecule has 0 radical (unpaired) electrons. The number of hydrogen-bond donors (Lipinski definition) is 0. The lowest BCUT2D eigenvalue weighted by molar-refractivity contribution is -0.167. The van der Waals surface area contributed by atoms with Gasteiger partial charge in [0.2, 0.25) is 0 Å². The van der Waals surface area contributed by atoms with Crippen LogP contribution in [0.15, 0.2) is 0 Å². The first-order chi connectivity index (χ1) is 9.91. The zero-order valence-electron chi connectivity index (χ0n) is 13.4. The van der Waals surface area contributed by atoms with E-state index in [4.69, 9.17) is 9.47 Å². The Hall–Kier alpha value is -1.06. The van der Waals surface area contributed by atoms with Gasteiger partial charge in [0.25, 0.3) is 0 Å². The summed E-state index contributed by atoms with van der Waals surface area (Å²) in [6.07, 6.45) is 1.82. The van der Waals surface area contributed by atoms with E-state index >= 15 is 0 Å². The molecule has 0 spiro atoms. The number of rotatable bonds is 4. The average molecular weight is 294 g/mol. The lowest BCUT2D eigenvalue weighted by Gasteiger charge is -2.50. The molecule has 0 aromatic carbocycles. The van der Waals surface area contributed by atoms with Gasteiger partial charge in [0.1, 0.15) is 6.10 Å². The molecule has 4 rings (SSSR count). The lowest BCUT2D eigenvalue weighted by Crippen LogP contribution is -2.54. The average Bonchev–Trinajstić information content (AvgIpc) is 2.70. The summed E-state index contributed by atoms with van der Waals surface area (Å²) in [7, 11) is 0. The molecule has 3 saturated carbocycles. The second-order valence-corrected chi connectivity index (χ2v) is 7.70. The normalized spacial score (nSPS) is 40.8. The SMILES string of the molecule is CC(C)COC(=O)C1C2CCC3C1OC(=O)C3C2C(C)C. The Morgan fingerprint density at radius 2 is 1.90 bits per heavy atom. The summed E-state index contributed by atoms with van der Waals surface area (Å²) in [5.41, 5.74) is 0. The Bertz CT molecular complexity index is 442. The van der Waals surface area contributed by atoms with E-state index in [1.165, 1.54) is 0 Å². The molecule has 6 unspecified atom stereocenters. The lowest BCUT2D eigenvalue weighted by atomic mass is 9.52. The fourth-order valence-electron chi connectivity index (χ4n) is 4.87. The minimum Gasteiger partial charge on any atom is -0.465 e. The first kappa shape index (κ1) is 14.9. The number of carbonyl (C=O) groups excluding carboxylic acids is 2. The minimum absolute atomic E-state index is 0.0166. The van der Waals surface area contributed by atoms with Gasteiger partial charge in [0, 0.05) is 5.92 Å². The third-order valence-corrected chi connectivity index (χ3v) is 5.57. The second-order valence-electron chi connectivity index (χ2n) is 7.70. The fraction of sp³-hybridized carbons (Fsp3) is 0.882. The van der Waals surface area contributed by atoms with Crippen molar-refractivity contribution in [1.29, 1.82) is 0 Å². The standard InChI is InChI=1S/C17H26O4/c1-8(2)7-20-16(18)14-10-5-6-11-13(12(10)9(3)4)17(19)21-15(11)14/h8-15H,5-7H2,1-4H3. The first-order valence-corrected chi connectivity index (χ1v) is 8.29. The third-order valence-electron chi connectivity index (χ3n) is 5.57. The van der Waals surface area contributed by atoms with E-state index < -0.39 is 0 Å². The molecule has 1 aliphatic heterocycles. The van der Waals surface area contributed by atoms with Gasteiger partial charge in [-0.2, -0.15) is 0 Å². The highest BCUT2D eigenvalue weighted by Gasteiger charge is 2.65. The van der Waals surface area contributed by atoms with E-state index in [2.05, 4.69) is 13.8 Å². The highest BCUT2D eigenvalue weighted by molar-refractivity contribution is 5.81. The quantitative estimate of drug-likeness (QED) is 0.748. The summed E-state index contributed by atoms with van der Waals surface area (Å²) in [4.78, 5) is 24.8. The zero-order chi connectivity index (χ0) is 15.3. The topological polar surface area (TPSA) is 52.6 Å². The van der Waals surface area contributed by atoms with Crippen LogP contribution in [0.25, 0.3) is 0 Å². The van der Waals surface area contributed by atoms with Crippen molar-refractivity contribution in [3.63, 3.8) is 0 Å². The molecule has 21 heavy (non-hydrogen) atoms. The second kappa shape index (κ2) is 5.29. The van der Waals surface area contributed by atoms with Gasteiger partial charge in [-0.05, 0) is 36.5 Å². The number of carbonyl (C=O) groups is 2. The van der Waals surface area contributed by atoms with Crippen LogP contribution in [-0.4, -0.2) is 24.6 Å². The number of hydrogen-bond acceptors (Lipinski definition) is 4. The number of esters is 2. The van der Waals surface area contributed by atoms with Crippen molar-refractivity contribution in [2.24, 2.45) is 41.4 Å². The van der Waals surface area contributed by atoms with Gasteiger partial charge in [-0.1, -0.05) is 27.7 Å². The van der Waals surface area contributed by atoms with E-state index in [0.717, 1.165) is 12.8 Å². The molecule has 4 nitrogen and oxygen atoms in total. The maximum Gasteiger partial charge on any atom is 0.313 e. The highest BCUT2D eigenvalue weighted by atomic mass is 16.6. The summed E-state index contributed by atoms with van der Waals surface area (Å²) in [6, 6.07) is 0. The molecule has 1 heterocycles. The smallest absolute Gasteiger partial charge is 0.313 e. The minimum atomic E-state index is -0.238. The molecule has 0 amide bonds. The van der Waals surface area contributed by atoms with Crippen LogP contribution in [0, 0.1) is 41.4 Å². The summed E-state index contributed by atoms with van der Waals surface area (Å²) in [6.45, 7) is 8.82. The molecule has 118 valence electrons. The van der Waals surface area contributed by atoms with E-state index in [0.29, 0.717) is 18.4 Å². The van der Waals surface area contributed by atoms with Crippen LogP contribution in [0.5, 0.6) is 0 Å². The highest BCUT2D eigenvalue weighted by Crippen LogP contribution is 2.59. The monoisotopic (exact) mass is 294 g/mol. The van der Waals surface area contributed by atoms with Crippen molar-refractivity contribution < 1.29 is 19.1 Å².